The van der Waals surface area contributed by atoms with Crippen LogP contribution in [0.1, 0.15) is 34.1 Å². The Morgan fingerprint density at radius 3 is 1.82 bits per heavy atom. The smallest absolute Gasteiger partial charge is 0.351 e. The Labute approximate surface area is 162 Å². The summed E-state index contributed by atoms with van der Waals surface area (Å²) in [5.41, 5.74) is 0.346. The second-order valence-corrected chi connectivity index (χ2v) is 5.82. The van der Waals surface area contributed by atoms with Gasteiger partial charge < -0.3 is 14.2 Å². The standard InChI is InChI=1S/C21H21FO6/c1-2-13-26-21(25)18(28-20(24)16-11-7-4-8-12-16)17(14-22)27-19(23)15-9-5-3-6-10-15/h3-12,17-18H,2,13-14H2,1H3/t17-,18+/m1/s1. The zero-order chi connectivity index (χ0) is 20.4. The average Bonchev–Trinajstić information content (AvgIpc) is 2.75. The van der Waals surface area contributed by atoms with Gasteiger partial charge in [0.1, 0.15) is 6.67 Å². The fourth-order valence-corrected chi connectivity index (χ4v) is 2.27. The van der Waals surface area contributed by atoms with E-state index in [0.717, 1.165) is 0 Å². The van der Waals surface area contributed by atoms with E-state index in [-0.39, 0.29) is 17.7 Å². The highest BCUT2D eigenvalue weighted by atomic mass is 19.1. The summed E-state index contributed by atoms with van der Waals surface area (Å²) in [5.74, 6) is -2.67. The highest BCUT2D eigenvalue weighted by Gasteiger charge is 2.37. The zero-order valence-corrected chi connectivity index (χ0v) is 15.4. The number of hydrogen-bond donors (Lipinski definition) is 0. The number of benzene rings is 2. The van der Waals surface area contributed by atoms with Crippen LogP contribution in [0.4, 0.5) is 4.39 Å². The van der Waals surface area contributed by atoms with Crippen LogP contribution >= 0.6 is 0 Å². The minimum atomic E-state index is -1.73. The third-order valence-corrected chi connectivity index (χ3v) is 3.68. The van der Waals surface area contributed by atoms with Gasteiger partial charge >= 0.3 is 17.9 Å². The lowest BCUT2D eigenvalue weighted by molar-refractivity contribution is -0.161. The van der Waals surface area contributed by atoms with Crippen LogP contribution in [-0.2, 0) is 19.0 Å². The van der Waals surface area contributed by atoms with Gasteiger partial charge in [-0.15, -0.1) is 0 Å². The van der Waals surface area contributed by atoms with Gasteiger partial charge in [0.05, 0.1) is 17.7 Å². The van der Waals surface area contributed by atoms with Crippen molar-refractivity contribution in [2.75, 3.05) is 13.3 Å². The summed E-state index contributed by atoms with van der Waals surface area (Å²) in [6.45, 7) is 0.608. The topological polar surface area (TPSA) is 78.9 Å². The lowest BCUT2D eigenvalue weighted by Crippen LogP contribution is -2.43. The molecule has 0 aromatic heterocycles. The Morgan fingerprint density at radius 1 is 0.857 bits per heavy atom. The highest BCUT2D eigenvalue weighted by Crippen LogP contribution is 2.14. The first-order chi connectivity index (χ1) is 13.6. The van der Waals surface area contributed by atoms with Crippen molar-refractivity contribution >= 4 is 17.9 Å². The first-order valence-corrected chi connectivity index (χ1v) is 8.81. The van der Waals surface area contributed by atoms with Gasteiger partial charge in [0.25, 0.3) is 0 Å². The predicted octanol–water partition coefficient (Wildman–Crippen LogP) is 3.36. The minimum Gasteiger partial charge on any atom is -0.463 e. The molecule has 0 radical (unpaired) electrons. The van der Waals surface area contributed by atoms with E-state index in [4.69, 9.17) is 14.2 Å². The summed E-state index contributed by atoms with van der Waals surface area (Å²) < 4.78 is 28.9. The van der Waals surface area contributed by atoms with Gasteiger partial charge in [-0.25, -0.2) is 18.8 Å². The molecule has 0 aliphatic carbocycles. The molecule has 0 aliphatic heterocycles. The number of esters is 3. The summed E-state index contributed by atoms with van der Waals surface area (Å²) in [4.78, 5) is 36.9. The number of alkyl halides is 1. The Hall–Kier alpha value is -3.22. The molecular formula is C21H21FO6. The highest BCUT2D eigenvalue weighted by molar-refractivity contribution is 5.92. The van der Waals surface area contributed by atoms with Gasteiger partial charge in [-0.2, -0.15) is 0 Å². The molecule has 2 aromatic rings. The van der Waals surface area contributed by atoms with Crippen LogP contribution in [-0.4, -0.2) is 43.4 Å². The summed E-state index contributed by atoms with van der Waals surface area (Å²) in [6.07, 6.45) is -2.84. The molecule has 0 amide bonds. The summed E-state index contributed by atoms with van der Waals surface area (Å²) in [7, 11) is 0. The molecule has 2 rings (SSSR count). The molecule has 28 heavy (non-hydrogen) atoms. The molecule has 7 heteroatoms. The molecule has 0 aliphatic rings. The number of carbonyl (C=O) groups is 3. The van der Waals surface area contributed by atoms with E-state index in [9.17, 15) is 18.8 Å². The van der Waals surface area contributed by atoms with Crippen molar-refractivity contribution < 1.29 is 33.0 Å². The Balaban J connectivity index is 2.18. The van der Waals surface area contributed by atoms with Gasteiger partial charge in [0, 0.05) is 0 Å². The van der Waals surface area contributed by atoms with Crippen LogP contribution in [0, 0.1) is 0 Å². The Kier molecular flexibility index (Phi) is 8.14. The van der Waals surface area contributed by atoms with Crippen molar-refractivity contribution in [1.82, 2.24) is 0 Å². The molecule has 0 spiro atoms. The number of carbonyl (C=O) groups excluding carboxylic acids is 3. The average molecular weight is 388 g/mol. The van der Waals surface area contributed by atoms with Crippen molar-refractivity contribution in [3.63, 3.8) is 0 Å². The number of hydrogen-bond acceptors (Lipinski definition) is 6. The molecule has 0 heterocycles. The van der Waals surface area contributed by atoms with E-state index in [0.29, 0.717) is 6.42 Å². The molecule has 0 fully saturated rings. The van der Waals surface area contributed by atoms with Crippen molar-refractivity contribution in [2.45, 2.75) is 25.6 Å². The molecule has 148 valence electrons. The van der Waals surface area contributed by atoms with E-state index < -0.39 is 36.8 Å². The molecule has 6 nitrogen and oxygen atoms in total. The van der Waals surface area contributed by atoms with Gasteiger partial charge in [0.15, 0.2) is 6.10 Å². The Bertz CT molecular complexity index is 778. The maximum atomic E-state index is 13.6. The molecule has 0 saturated heterocycles. The van der Waals surface area contributed by atoms with Crippen LogP contribution in [0.2, 0.25) is 0 Å². The van der Waals surface area contributed by atoms with Crippen molar-refractivity contribution in [3.8, 4) is 0 Å². The molecule has 0 unspecified atom stereocenters. The SMILES string of the molecule is CCCOC(=O)[C@@H](OC(=O)c1ccccc1)[C@@H](CF)OC(=O)c1ccccc1. The van der Waals surface area contributed by atoms with Gasteiger partial charge in [-0.3, -0.25) is 0 Å². The maximum absolute atomic E-state index is 13.6. The largest absolute Gasteiger partial charge is 0.463 e. The monoisotopic (exact) mass is 388 g/mol. The van der Waals surface area contributed by atoms with Crippen molar-refractivity contribution in [3.05, 3.63) is 71.8 Å². The van der Waals surface area contributed by atoms with Gasteiger partial charge in [-0.1, -0.05) is 43.3 Å². The third-order valence-electron chi connectivity index (χ3n) is 3.68. The molecule has 0 N–H and O–H groups in total. The second-order valence-electron chi connectivity index (χ2n) is 5.82. The van der Waals surface area contributed by atoms with E-state index in [1.807, 2.05) is 0 Å². The van der Waals surface area contributed by atoms with Crippen LogP contribution in [0.15, 0.2) is 60.7 Å². The second kappa shape index (κ2) is 10.8. The summed E-state index contributed by atoms with van der Waals surface area (Å²) in [5, 5.41) is 0. The van der Waals surface area contributed by atoms with Gasteiger partial charge in [0.2, 0.25) is 6.10 Å². The van der Waals surface area contributed by atoms with Crippen LogP contribution in [0.5, 0.6) is 0 Å². The van der Waals surface area contributed by atoms with Crippen molar-refractivity contribution in [2.24, 2.45) is 0 Å². The normalized spacial score (nSPS) is 12.5. The third kappa shape index (κ3) is 5.90. The quantitative estimate of drug-likeness (QED) is 0.484. The lowest BCUT2D eigenvalue weighted by Gasteiger charge is -2.23. The zero-order valence-electron chi connectivity index (χ0n) is 15.4. The summed E-state index contributed by atoms with van der Waals surface area (Å²) in [6, 6.07) is 15.8. The van der Waals surface area contributed by atoms with E-state index >= 15 is 0 Å². The molecule has 0 bridgehead atoms. The fraction of sp³-hybridized carbons (Fsp3) is 0.286. The first-order valence-electron chi connectivity index (χ1n) is 8.81. The van der Waals surface area contributed by atoms with Gasteiger partial charge in [-0.05, 0) is 30.7 Å². The first kappa shape index (κ1) is 21.1. The molecule has 2 atom stereocenters. The van der Waals surface area contributed by atoms with E-state index in [1.54, 1.807) is 43.3 Å². The predicted molar refractivity (Wildman–Crippen MR) is 98.5 cm³/mol. The van der Waals surface area contributed by atoms with E-state index in [1.165, 1.54) is 24.3 Å². The van der Waals surface area contributed by atoms with E-state index in [2.05, 4.69) is 0 Å². The molecule has 0 saturated carbocycles. The van der Waals surface area contributed by atoms with Crippen LogP contribution in [0.25, 0.3) is 0 Å². The van der Waals surface area contributed by atoms with Crippen molar-refractivity contribution in [1.29, 1.82) is 0 Å². The lowest BCUT2D eigenvalue weighted by atomic mass is 10.2. The maximum Gasteiger partial charge on any atom is 0.351 e. The number of rotatable bonds is 9. The summed E-state index contributed by atoms with van der Waals surface area (Å²) >= 11 is 0. The van der Waals surface area contributed by atoms with Crippen LogP contribution < -0.4 is 0 Å². The van der Waals surface area contributed by atoms with Crippen LogP contribution in [0.3, 0.4) is 0 Å². The molecule has 2 aromatic carbocycles. The molecular weight excluding hydrogens is 367 g/mol. The minimum absolute atomic E-state index is 0.0594. The number of halogens is 1. The number of ether oxygens (including phenoxy) is 3. The Morgan fingerprint density at radius 2 is 1.36 bits per heavy atom. The fourth-order valence-electron chi connectivity index (χ4n) is 2.27.